The largest absolute Gasteiger partial charge is 0.358 e. The van der Waals surface area contributed by atoms with Crippen LogP contribution in [0.5, 0.6) is 0 Å². The van der Waals surface area contributed by atoms with Gasteiger partial charge in [-0.3, -0.25) is 0 Å². The summed E-state index contributed by atoms with van der Waals surface area (Å²) >= 11 is 0. The van der Waals surface area contributed by atoms with Crippen molar-refractivity contribution in [3.63, 3.8) is 0 Å². The predicted molar refractivity (Wildman–Crippen MR) is 41.4 cm³/mol. The lowest BCUT2D eigenvalue weighted by Gasteiger charge is -2.09. The Labute approximate surface area is 63.8 Å². The summed E-state index contributed by atoms with van der Waals surface area (Å²) in [5.41, 5.74) is 4.12. The SMILES string of the molecule is O=[N+]1NCNc2ccccc21. The van der Waals surface area contributed by atoms with Gasteiger partial charge >= 0.3 is 5.69 Å². The molecule has 0 unspecified atom stereocenters. The minimum Gasteiger partial charge on any atom is -0.358 e. The summed E-state index contributed by atoms with van der Waals surface area (Å²) in [5.74, 6) is 0. The van der Waals surface area contributed by atoms with Gasteiger partial charge in [-0.2, -0.15) is 0 Å². The Kier molecular flexibility index (Phi) is 1.25. The number of anilines is 1. The normalized spacial score (nSPS) is 14.7. The van der Waals surface area contributed by atoms with Crippen LogP contribution in [0.25, 0.3) is 0 Å². The van der Waals surface area contributed by atoms with Crippen molar-refractivity contribution in [3.8, 4) is 0 Å². The molecule has 0 saturated carbocycles. The van der Waals surface area contributed by atoms with Gasteiger partial charge in [-0.05, 0) is 6.07 Å². The number of hydrazine groups is 1. The Balaban J connectivity index is 2.52. The second-order valence-electron chi connectivity index (χ2n) is 2.32. The van der Waals surface area contributed by atoms with Gasteiger partial charge in [-0.25, -0.2) is 0 Å². The molecule has 0 atom stereocenters. The van der Waals surface area contributed by atoms with E-state index in [2.05, 4.69) is 10.7 Å². The van der Waals surface area contributed by atoms with E-state index in [1.54, 1.807) is 6.07 Å². The molecule has 0 spiro atoms. The number of benzene rings is 1. The average molecular weight is 150 g/mol. The summed E-state index contributed by atoms with van der Waals surface area (Å²) in [7, 11) is 0. The second-order valence-corrected chi connectivity index (χ2v) is 2.32. The average Bonchev–Trinajstić information content (AvgIpc) is 2.06. The molecule has 4 heteroatoms. The smallest absolute Gasteiger partial charge is 0.314 e. The maximum Gasteiger partial charge on any atom is 0.314 e. The van der Waals surface area contributed by atoms with Crippen LogP contribution in [0, 0.1) is 4.91 Å². The number of hydrogen-bond donors (Lipinski definition) is 2. The minimum atomic E-state index is 0.487. The quantitative estimate of drug-likeness (QED) is 0.542. The lowest BCUT2D eigenvalue weighted by atomic mass is 10.2. The first kappa shape index (κ1) is 6.15. The van der Waals surface area contributed by atoms with Crippen molar-refractivity contribution >= 4 is 11.4 Å². The third-order valence-corrected chi connectivity index (χ3v) is 1.62. The number of nitrogens with one attached hydrogen (secondary N) is 2. The van der Waals surface area contributed by atoms with Gasteiger partial charge in [0.25, 0.3) is 0 Å². The minimum absolute atomic E-state index is 0.487. The fraction of sp³-hybridized carbons (Fsp3) is 0.143. The van der Waals surface area contributed by atoms with E-state index >= 15 is 0 Å². The van der Waals surface area contributed by atoms with Gasteiger partial charge in [-0.1, -0.05) is 12.1 Å². The van der Waals surface area contributed by atoms with Crippen molar-refractivity contribution in [1.29, 1.82) is 0 Å². The zero-order valence-corrected chi connectivity index (χ0v) is 5.87. The van der Waals surface area contributed by atoms with Crippen LogP contribution in [0.15, 0.2) is 24.3 Å². The number of hydrogen-bond acceptors (Lipinski definition) is 2. The van der Waals surface area contributed by atoms with Gasteiger partial charge in [0.15, 0.2) is 4.87 Å². The molecule has 1 aliphatic rings. The first-order chi connectivity index (χ1) is 5.38. The van der Waals surface area contributed by atoms with Gasteiger partial charge in [0, 0.05) is 6.07 Å². The fourth-order valence-corrected chi connectivity index (χ4v) is 1.09. The third kappa shape index (κ3) is 0.920. The molecule has 11 heavy (non-hydrogen) atoms. The van der Waals surface area contributed by atoms with Gasteiger partial charge in [-0.15, -0.1) is 5.43 Å². The maximum absolute atomic E-state index is 11.1. The fourth-order valence-electron chi connectivity index (χ4n) is 1.09. The van der Waals surface area contributed by atoms with Crippen LogP contribution in [-0.2, 0) is 0 Å². The van der Waals surface area contributed by atoms with Crippen LogP contribution < -0.4 is 10.7 Å². The third-order valence-electron chi connectivity index (χ3n) is 1.62. The van der Waals surface area contributed by atoms with Crippen LogP contribution in [0.2, 0.25) is 0 Å². The highest BCUT2D eigenvalue weighted by molar-refractivity contribution is 5.61. The molecule has 0 bridgehead atoms. The molecule has 2 rings (SSSR count). The van der Waals surface area contributed by atoms with E-state index in [0.29, 0.717) is 12.4 Å². The highest BCUT2D eigenvalue weighted by Gasteiger charge is 2.22. The first-order valence-electron chi connectivity index (χ1n) is 3.41. The molecule has 56 valence electrons. The molecular formula is C7H8N3O+. The lowest BCUT2D eigenvalue weighted by Crippen LogP contribution is -2.33. The number of para-hydroxylation sites is 2. The Morgan fingerprint density at radius 3 is 3.00 bits per heavy atom. The highest BCUT2D eigenvalue weighted by atomic mass is 16.3. The summed E-state index contributed by atoms with van der Waals surface area (Å²) < 4.78 is 0. The predicted octanol–water partition coefficient (Wildman–Crippen LogP) is 0.985. The molecule has 1 aromatic rings. The zero-order chi connectivity index (χ0) is 7.68. The molecule has 4 nitrogen and oxygen atoms in total. The highest BCUT2D eigenvalue weighted by Crippen LogP contribution is 2.23. The van der Waals surface area contributed by atoms with Gasteiger partial charge < -0.3 is 5.32 Å². The molecule has 1 aliphatic heterocycles. The Bertz CT molecular complexity index is 297. The van der Waals surface area contributed by atoms with Crippen molar-refractivity contribution in [1.82, 2.24) is 5.43 Å². The molecule has 0 saturated heterocycles. The Morgan fingerprint density at radius 2 is 2.18 bits per heavy atom. The van der Waals surface area contributed by atoms with Gasteiger partial charge in [0.2, 0.25) is 0 Å². The summed E-state index contributed by atoms with van der Waals surface area (Å²) in [6, 6.07) is 7.37. The first-order valence-corrected chi connectivity index (χ1v) is 3.41. The van der Waals surface area contributed by atoms with E-state index in [9.17, 15) is 4.91 Å². The van der Waals surface area contributed by atoms with Gasteiger partial charge in [0.1, 0.15) is 12.4 Å². The number of nitrogens with zero attached hydrogens (tertiary/aromatic N) is 1. The van der Waals surface area contributed by atoms with Gasteiger partial charge in [0.05, 0.1) is 4.91 Å². The molecule has 0 radical (unpaired) electrons. The van der Waals surface area contributed by atoms with Crippen molar-refractivity contribution < 1.29 is 4.87 Å². The number of nitroso groups, excluding NO2 is 1. The van der Waals surface area contributed by atoms with E-state index in [4.69, 9.17) is 0 Å². The van der Waals surface area contributed by atoms with Crippen LogP contribution in [0.3, 0.4) is 0 Å². The summed E-state index contributed by atoms with van der Waals surface area (Å²) in [4.78, 5) is 11.8. The molecule has 0 aliphatic carbocycles. The van der Waals surface area contributed by atoms with E-state index in [1.807, 2.05) is 18.2 Å². The Morgan fingerprint density at radius 1 is 1.36 bits per heavy atom. The second kappa shape index (κ2) is 2.23. The molecule has 0 amide bonds. The van der Waals surface area contributed by atoms with E-state index in [1.165, 1.54) is 0 Å². The molecule has 0 aromatic heterocycles. The molecule has 1 aromatic carbocycles. The van der Waals surface area contributed by atoms with Crippen LogP contribution >= 0.6 is 0 Å². The standard InChI is InChI=1S/C7H8N3O/c11-10-7-4-2-1-3-6(7)8-5-9-10/h1-4,8H,5H2,(H,9,11)/q+1. The van der Waals surface area contributed by atoms with E-state index in [-0.39, 0.29) is 0 Å². The van der Waals surface area contributed by atoms with Crippen LogP contribution in [0.4, 0.5) is 11.4 Å². The maximum atomic E-state index is 11.1. The molecular weight excluding hydrogens is 142 g/mol. The summed E-state index contributed by atoms with van der Waals surface area (Å²) in [5, 5.41) is 3.04. The molecule has 0 fully saturated rings. The van der Waals surface area contributed by atoms with E-state index in [0.717, 1.165) is 10.6 Å². The zero-order valence-electron chi connectivity index (χ0n) is 5.87. The molecule has 1 heterocycles. The van der Waals surface area contributed by atoms with Crippen LogP contribution in [0.1, 0.15) is 0 Å². The van der Waals surface area contributed by atoms with Crippen LogP contribution in [-0.4, -0.2) is 11.5 Å². The Hall–Kier alpha value is -1.58. The van der Waals surface area contributed by atoms with Crippen molar-refractivity contribution in [2.75, 3.05) is 12.0 Å². The van der Waals surface area contributed by atoms with Crippen molar-refractivity contribution in [3.05, 3.63) is 29.2 Å². The van der Waals surface area contributed by atoms with Crippen molar-refractivity contribution in [2.24, 2.45) is 0 Å². The van der Waals surface area contributed by atoms with Crippen molar-refractivity contribution in [2.45, 2.75) is 0 Å². The monoisotopic (exact) mass is 150 g/mol. The topological polar surface area (TPSA) is 44.1 Å². The lowest BCUT2D eigenvalue weighted by molar-refractivity contribution is -0.529. The number of fused-ring (bicyclic) bond motifs is 1. The summed E-state index contributed by atoms with van der Waals surface area (Å²) in [6.07, 6.45) is 0. The van der Waals surface area contributed by atoms with E-state index < -0.39 is 0 Å². The molecule has 2 N–H and O–H groups in total. The number of rotatable bonds is 0. The summed E-state index contributed by atoms with van der Waals surface area (Å²) in [6.45, 7) is 0.487.